The van der Waals surface area contributed by atoms with E-state index in [9.17, 15) is 9.59 Å². The molecule has 0 saturated heterocycles. The van der Waals surface area contributed by atoms with E-state index in [2.05, 4.69) is 0 Å². The molecule has 2 aromatic carbocycles. The summed E-state index contributed by atoms with van der Waals surface area (Å²) in [5.74, 6) is 0.399. The predicted molar refractivity (Wildman–Crippen MR) is 113 cm³/mol. The van der Waals surface area contributed by atoms with Crippen LogP contribution in [0.5, 0.6) is 17.2 Å². The number of hydrogen-bond donors (Lipinski definition) is 1. The van der Waals surface area contributed by atoms with Crippen molar-refractivity contribution in [3.63, 3.8) is 0 Å². The number of ether oxygens (including phenoxy) is 4. The summed E-state index contributed by atoms with van der Waals surface area (Å²) >= 11 is 6.10. The molecular formula is C21H21ClN2O6. The zero-order valence-electron chi connectivity index (χ0n) is 16.9. The average molecular weight is 433 g/mol. The van der Waals surface area contributed by atoms with E-state index >= 15 is 0 Å². The molecule has 3 aromatic rings. The normalized spacial score (nSPS) is 10.7. The second kappa shape index (κ2) is 8.54. The zero-order valence-corrected chi connectivity index (χ0v) is 17.7. The highest BCUT2D eigenvalue weighted by molar-refractivity contribution is 6.31. The van der Waals surface area contributed by atoms with E-state index in [1.807, 2.05) is 0 Å². The van der Waals surface area contributed by atoms with Crippen LogP contribution in [0.4, 0.5) is 10.5 Å². The van der Waals surface area contributed by atoms with Gasteiger partial charge in [0.25, 0.3) is 0 Å². The lowest BCUT2D eigenvalue weighted by Gasteiger charge is -2.14. The Bertz CT molecular complexity index is 1110. The quantitative estimate of drug-likeness (QED) is 0.584. The maximum absolute atomic E-state index is 13.5. The summed E-state index contributed by atoms with van der Waals surface area (Å²) < 4.78 is 22.2. The van der Waals surface area contributed by atoms with E-state index < -0.39 is 11.9 Å². The Morgan fingerprint density at radius 2 is 1.67 bits per heavy atom. The number of halogens is 1. The maximum atomic E-state index is 13.5. The molecule has 0 bridgehead atoms. The van der Waals surface area contributed by atoms with Crippen LogP contribution in [0.3, 0.4) is 0 Å². The number of anilines is 1. The van der Waals surface area contributed by atoms with Gasteiger partial charge in [0.2, 0.25) is 11.5 Å². The number of carbonyl (C=O) groups excluding carboxylic acids is 2. The number of aromatic nitrogens is 1. The highest BCUT2D eigenvalue weighted by atomic mass is 35.5. The topological polar surface area (TPSA) is 102 Å². The van der Waals surface area contributed by atoms with Gasteiger partial charge in [0.05, 0.1) is 39.1 Å². The molecule has 0 fully saturated rings. The maximum Gasteiger partial charge on any atom is 0.419 e. The van der Waals surface area contributed by atoms with Crippen LogP contribution in [0.15, 0.2) is 30.3 Å². The Labute approximate surface area is 178 Å². The number of hydrogen-bond acceptors (Lipinski definition) is 7. The number of fused-ring (bicyclic) bond motifs is 1. The van der Waals surface area contributed by atoms with E-state index in [1.165, 1.54) is 33.5 Å². The van der Waals surface area contributed by atoms with Crippen molar-refractivity contribution in [1.82, 2.24) is 4.57 Å². The van der Waals surface area contributed by atoms with E-state index in [0.717, 1.165) is 4.57 Å². The first-order valence-electron chi connectivity index (χ1n) is 8.99. The van der Waals surface area contributed by atoms with Crippen molar-refractivity contribution in [2.45, 2.75) is 6.92 Å². The van der Waals surface area contributed by atoms with Gasteiger partial charge in [0.1, 0.15) is 5.69 Å². The Kier molecular flexibility index (Phi) is 6.07. The number of carbonyl (C=O) groups is 2. The molecule has 0 aliphatic rings. The number of nitrogen functional groups attached to an aromatic ring is 1. The van der Waals surface area contributed by atoms with Gasteiger partial charge in [-0.05, 0) is 37.3 Å². The number of nitrogens with two attached hydrogens (primary N) is 1. The van der Waals surface area contributed by atoms with Crippen LogP contribution >= 0.6 is 11.6 Å². The van der Waals surface area contributed by atoms with E-state index in [-0.39, 0.29) is 23.6 Å². The molecule has 0 unspecified atom stereocenters. The fraction of sp³-hybridized carbons (Fsp3) is 0.238. The van der Waals surface area contributed by atoms with Gasteiger partial charge in [-0.2, -0.15) is 0 Å². The summed E-state index contributed by atoms with van der Waals surface area (Å²) in [6.07, 6.45) is -0.739. The van der Waals surface area contributed by atoms with Crippen molar-refractivity contribution in [3.05, 3.63) is 46.6 Å². The molecule has 0 saturated carbocycles. The number of methoxy groups -OCH3 is 3. The van der Waals surface area contributed by atoms with Crippen molar-refractivity contribution in [3.8, 4) is 17.2 Å². The zero-order chi connectivity index (χ0) is 22.0. The fourth-order valence-electron chi connectivity index (χ4n) is 3.24. The standard InChI is InChI=1S/C21H21ClN2O6/c1-5-30-21(26)24-14-10-12(22)6-7-13(14)17(23)18(24)19(25)11-8-15(27-2)20(29-4)16(9-11)28-3/h6-10H,5,23H2,1-4H3. The third kappa shape index (κ3) is 3.50. The highest BCUT2D eigenvalue weighted by Gasteiger charge is 2.28. The molecule has 9 heteroatoms. The first-order chi connectivity index (χ1) is 14.4. The molecule has 158 valence electrons. The smallest absolute Gasteiger partial charge is 0.419 e. The lowest BCUT2D eigenvalue weighted by molar-refractivity contribution is 0.102. The molecular weight excluding hydrogens is 412 g/mol. The highest BCUT2D eigenvalue weighted by Crippen LogP contribution is 2.40. The van der Waals surface area contributed by atoms with Crippen molar-refractivity contribution in [1.29, 1.82) is 0 Å². The summed E-state index contributed by atoms with van der Waals surface area (Å²) in [4.78, 5) is 26.2. The summed E-state index contributed by atoms with van der Waals surface area (Å²) in [6, 6.07) is 7.81. The van der Waals surface area contributed by atoms with Crippen molar-refractivity contribution in [2.24, 2.45) is 0 Å². The summed E-state index contributed by atoms with van der Waals surface area (Å²) in [5.41, 5.74) is 6.93. The fourth-order valence-corrected chi connectivity index (χ4v) is 3.40. The van der Waals surface area contributed by atoms with Crippen molar-refractivity contribution < 1.29 is 28.5 Å². The van der Waals surface area contributed by atoms with Crippen LogP contribution < -0.4 is 19.9 Å². The van der Waals surface area contributed by atoms with Crippen molar-refractivity contribution >= 4 is 40.1 Å². The van der Waals surface area contributed by atoms with E-state index in [1.54, 1.807) is 25.1 Å². The first-order valence-corrected chi connectivity index (χ1v) is 9.36. The monoisotopic (exact) mass is 432 g/mol. The van der Waals surface area contributed by atoms with E-state index in [4.69, 9.17) is 36.3 Å². The van der Waals surface area contributed by atoms with E-state index in [0.29, 0.717) is 33.2 Å². The molecule has 3 rings (SSSR count). The Morgan fingerprint density at radius 3 is 2.20 bits per heavy atom. The summed E-state index contributed by atoms with van der Waals surface area (Å²) in [5, 5.41) is 0.889. The third-order valence-corrected chi connectivity index (χ3v) is 4.80. The molecule has 0 amide bonds. The first kappa shape index (κ1) is 21.3. The van der Waals surface area contributed by atoms with Crippen molar-refractivity contribution in [2.75, 3.05) is 33.7 Å². The SMILES string of the molecule is CCOC(=O)n1c(C(=O)c2cc(OC)c(OC)c(OC)c2)c(N)c2ccc(Cl)cc21. The van der Waals surface area contributed by atoms with Gasteiger partial charge in [0, 0.05) is 16.0 Å². The minimum atomic E-state index is -0.739. The van der Waals surface area contributed by atoms with Gasteiger partial charge in [-0.1, -0.05) is 11.6 Å². The van der Waals surface area contributed by atoms with Crippen LogP contribution in [-0.4, -0.2) is 44.4 Å². The number of ketones is 1. The molecule has 0 radical (unpaired) electrons. The molecule has 2 N–H and O–H groups in total. The Hall–Kier alpha value is -3.39. The third-order valence-electron chi connectivity index (χ3n) is 4.56. The molecule has 0 spiro atoms. The number of rotatable bonds is 6. The second-order valence-corrected chi connectivity index (χ2v) is 6.64. The van der Waals surface area contributed by atoms with Gasteiger partial charge in [0.15, 0.2) is 11.5 Å². The van der Waals surface area contributed by atoms with Gasteiger partial charge in [-0.15, -0.1) is 0 Å². The van der Waals surface area contributed by atoms with Crippen LogP contribution in [0.2, 0.25) is 5.02 Å². The summed E-state index contributed by atoms with van der Waals surface area (Å²) in [7, 11) is 4.34. The van der Waals surface area contributed by atoms with Crippen LogP contribution in [0.1, 0.15) is 23.0 Å². The second-order valence-electron chi connectivity index (χ2n) is 6.20. The average Bonchev–Trinajstić information content (AvgIpc) is 3.03. The minimum absolute atomic E-state index is 0.0417. The Morgan fingerprint density at radius 1 is 1.03 bits per heavy atom. The molecule has 30 heavy (non-hydrogen) atoms. The van der Waals surface area contributed by atoms with Crippen LogP contribution in [-0.2, 0) is 4.74 Å². The molecule has 8 nitrogen and oxygen atoms in total. The summed E-state index contributed by atoms with van der Waals surface area (Å²) in [6.45, 7) is 1.79. The van der Waals surface area contributed by atoms with Gasteiger partial charge in [-0.25, -0.2) is 9.36 Å². The van der Waals surface area contributed by atoms with Gasteiger partial charge in [-0.3, -0.25) is 4.79 Å². The minimum Gasteiger partial charge on any atom is -0.493 e. The van der Waals surface area contributed by atoms with Gasteiger partial charge < -0.3 is 24.7 Å². The predicted octanol–water partition coefficient (Wildman–Crippen LogP) is 4.14. The van der Waals surface area contributed by atoms with Gasteiger partial charge >= 0.3 is 6.09 Å². The largest absolute Gasteiger partial charge is 0.493 e. The van der Waals surface area contributed by atoms with Crippen LogP contribution in [0, 0.1) is 0 Å². The lowest BCUT2D eigenvalue weighted by atomic mass is 10.1. The lowest BCUT2D eigenvalue weighted by Crippen LogP contribution is -2.20. The molecule has 1 aromatic heterocycles. The Balaban J connectivity index is 2.29. The molecule has 0 aliphatic heterocycles. The molecule has 1 heterocycles. The number of benzene rings is 2. The van der Waals surface area contributed by atoms with Crippen LogP contribution in [0.25, 0.3) is 10.9 Å². The molecule has 0 atom stereocenters. The molecule has 0 aliphatic carbocycles. The number of nitrogens with zero attached hydrogens (tertiary/aromatic N) is 1.